The molecule has 53 heavy (non-hydrogen) atoms. The van der Waals surface area contributed by atoms with Gasteiger partial charge in [0.2, 0.25) is 23.6 Å². The number of carbonyl (C=O) groups is 6. The summed E-state index contributed by atoms with van der Waals surface area (Å²) in [6, 6.07) is 29.4. The number of hydrogen-bond donors (Lipinski definition) is 3. The summed E-state index contributed by atoms with van der Waals surface area (Å²) in [7, 11) is 0.309. The fourth-order valence-electron chi connectivity index (χ4n) is 6.09. The van der Waals surface area contributed by atoms with E-state index in [9.17, 15) is 28.8 Å². The van der Waals surface area contributed by atoms with Crippen molar-refractivity contribution in [3.63, 3.8) is 0 Å². The van der Waals surface area contributed by atoms with Crippen LogP contribution in [0.25, 0.3) is 0 Å². The van der Waals surface area contributed by atoms with Gasteiger partial charge in [-0.05, 0) is 55.7 Å². The first kappa shape index (κ1) is 43.3. The van der Waals surface area contributed by atoms with Gasteiger partial charge in [0, 0.05) is 25.1 Å². The van der Waals surface area contributed by atoms with Gasteiger partial charge in [-0.25, -0.2) is 0 Å². The highest BCUT2D eigenvalue weighted by Gasteiger charge is 2.45. The van der Waals surface area contributed by atoms with E-state index < -0.39 is 54.9 Å². The van der Waals surface area contributed by atoms with Crippen molar-refractivity contribution in [2.75, 3.05) is 39.2 Å². The maximum atomic E-state index is 13.5. The summed E-state index contributed by atoms with van der Waals surface area (Å²) < 4.78 is 9.16. The lowest BCUT2D eigenvalue weighted by atomic mass is 10.1. The van der Waals surface area contributed by atoms with Gasteiger partial charge in [-0.2, -0.15) is 0 Å². The Balaban J connectivity index is 0.00000756. The van der Waals surface area contributed by atoms with Crippen LogP contribution in [0.15, 0.2) is 91.0 Å². The lowest BCUT2D eigenvalue weighted by Crippen LogP contribution is -3.00. The van der Waals surface area contributed by atoms with Crippen LogP contribution in [-0.2, 0) is 38.2 Å². The SMILES string of the molecule is COC(=O)CNC(=O)C(CSC1CC(=O)N(CCCC[P+](c2ccccc2)(c2ccccc2)c2ccccc2)C1=O)NC(=O)CCC(N)C(=O)OC.[Br-]. The molecule has 284 valence electrons. The molecule has 3 atom stereocenters. The third-order valence-corrected chi connectivity index (χ3v) is 14.7. The number of thioether (sulfide) groups is 1. The summed E-state index contributed by atoms with van der Waals surface area (Å²) in [5.74, 6) is -3.25. The van der Waals surface area contributed by atoms with E-state index in [2.05, 4.69) is 92.9 Å². The van der Waals surface area contributed by atoms with E-state index >= 15 is 0 Å². The van der Waals surface area contributed by atoms with E-state index in [1.54, 1.807) is 0 Å². The van der Waals surface area contributed by atoms with E-state index in [0.717, 1.165) is 24.3 Å². The van der Waals surface area contributed by atoms with Crippen molar-refractivity contribution in [1.82, 2.24) is 15.5 Å². The molecular formula is C38H46BrN4O8PS. The summed E-state index contributed by atoms with van der Waals surface area (Å²) in [4.78, 5) is 76.8. The number of nitrogens with one attached hydrogen (secondary N) is 2. The van der Waals surface area contributed by atoms with Gasteiger partial charge in [-0.3, -0.25) is 33.7 Å². The Hall–Kier alpha value is -4.10. The molecule has 1 aliphatic rings. The monoisotopic (exact) mass is 828 g/mol. The van der Waals surface area contributed by atoms with Crippen LogP contribution in [0.4, 0.5) is 0 Å². The number of benzene rings is 3. The molecular weight excluding hydrogens is 783 g/mol. The van der Waals surface area contributed by atoms with Crippen LogP contribution in [0.5, 0.6) is 0 Å². The minimum Gasteiger partial charge on any atom is -1.00 e. The molecule has 0 radical (unpaired) electrons. The summed E-state index contributed by atoms with van der Waals surface area (Å²) in [5.41, 5.74) is 5.73. The lowest BCUT2D eigenvalue weighted by molar-refractivity contribution is -0.142. The molecule has 3 aromatic carbocycles. The molecule has 0 aromatic heterocycles. The first-order chi connectivity index (χ1) is 25.1. The molecule has 3 unspecified atom stereocenters. The first-order valence-electron chi connectivity index (χ1n) is 17.1. The highest BCUT2D eigenvalue weighted by atomic mass is 79.9. The van der Waals surface area contributed by atoms with Crippen LogP contribution < -0.4 is 49.3 Å². The predicted octanol–water partition coefficient (Wildman–Crippen LogP) is -1.32. The van der Waals surface area contributed by atoms with Crippen LogP contribution in [0.1, 0.15) is 32.1 Å². The number of imide groups is 1. The number of esters is 2. The van der Waals surface area contributed by atoms with E-state index in [-0.39, 0.29) is 60.4 Å². The Kier molecular flexibility index (Phi) is 17.6. The summed E-state index contributed by atoms with van der Waals surface area (Å²) in [6.07, 6.45) is 2.03. The second kappa shape index (κ2) is 21.6. The molecule has 15 heteroatoms. The molecule has 0 bridgehead atoms. The maximum absolute atomic E-state index is 13.5. The minimum absolute atomic E-state index is 0. The Labute approximate surface area is 325 Å². The number of halogens is 1. The fourth-order valence-corrected chi connectivity index (χ4v) is 11.7. The highest BCUT2D eigenvalue weighted by Crippen LogP contribution is 2.55. The normalized spacial score (nSPS) is 15.2. The van der Waals surface area contributed by atoms with Gasteiger partial charge in [0.1, 0.15) is 41.8 Å². The van der Waals surface area contributed by atoms with Gasteiger partial charge in [0.15, 0.2) is 0 Å². The van der Waals surface area contributed by atoms with Crippen LogP contribution in [0, 0.1) is 0 Å². The zero-order valence-electron chi connectivity index (χ0n) is 29.8. The third kappa shape index (κ3) is 11.7. The average molecular weight is 830 g/mol. The van der Waals surface area contributed by atoms with E-state index in [1.807, 2.05) is 18.2 Å². The average Bonchev–Trinajstić information content (AvgIpc) is 3.45. The number of unbranched alkanes of at least 4 members (excludes halogenated alkanes) is 1. The van der Waals surface area contributed by atoms with E-state index in [0.29, 0.717) is 6.42 Å². The van der Waals surface area contributed by atoms with Crippen molar-refractivity contribution < 1.29 is 55.2 Å². The van der Waals surface area contributed by atoms with Crippen molar-refractivity contribution in [3.05, 3.63) is 91.0 Å². The number of likely N-dealkylation sites (tertiary alicyclic amines) is 1. The number of nitrogens with two attached hydrogens (primary N) is 1. The molecule has 1 aliphatic heterocycles. The van der Waals surface area contributed by atoms with Gasteiger partial charge < -0.3 is 42.8 Å². The Morgan fingerprint density at radius 2 is 1.42 bits per heavy atom. The standard InChI is InChI=1S/C38H45N4O8PS.BrH/c1-49-35(45)25-40-36(46)31(41-33(43)21-20-30(39)38(48)50-2)26-52-32-24-34(44)42(37(32)47)22-12-13-23-51(27-14-6-3-7-15-27,28-16-8-4-9-17-28)29-18-10-5-11-19-29;/h3-11,14-19,30-32H,12-13,20-26,39H2,1-2H3,(H-,40,41,43,46);1H. The van der Waals surface area contributed by atoms with Crippen LogP contribution in [-0.4, -0.2) is 97.0 Å². The predicted molar refractivity (Wildman–Crippen MR) is 203 cm³/mol. The van der Waals surface area contributed by atoms with Gasteiger partial charge in [0.25, 0.3) is 0 Å². The van der Waals surface area contributed by atoms with Crippen molar-refractivity contribution in [3.8, 4) is 0 Å². The molecule has 3 aromatic rings. The van der Waals surface area contributed by atoms with Crippen molar-refractivity contribution >= 4 is 70.5 Å². The highest BCUT2D eigenvalue weighted by molar-refractivity contribution is 8.00. The zero-order chi connectivity index (χ0) is 37.5. The molecule has 4 amide bonds. The number of nitrogens with zero attached hydrogens (tertiary/aromatic N) is 1. The van der Waals surface area contributed by atoms with Crippen molar-refractivity contribution in [2.45, 2.75) is 49.4 Å². The molecule has 1 saturated heterocycles. The number of ether oxygens (including phenoxy) is 2. The van der Waals surface area contributed by atoms with E-state index in [4.69, 9.17) is 5.73 Å². The number of rotatable bonds is 19. The minimum atomic E-state index is -2.06. The molecule has 4 N–H and O–H groups in total. The molecule has 0 aliphatic carbocycles. The first-order valence-corrected chi connectivity index (χ1v) is 20.1. The fraction of sp³-hybridized carbons (Fsp3) is 0.368. The summed E-state index contributed by atoms with van der Waals surface area (Å²) in [6.45, 7) is -0.149. The van der Waals surface area contributed by atoms with Gasteiger partial charge in [-0.15, -0.1) is 11.8 Å². The van der Waals surface area contributed by atoms with Crippen molar-refractivity contribution in [2.24, 2.45) is 5.73 Å². The number of carbonyl (C=O) groups excluding carboxylic acids is 6. The lowest BCUT2D eigenvalue weighted by Gasteiger charge is -2.28. The quantitative estimate of drug-likeness (QED) is 0.0570. The molecule has 1 fully saturated rings. The van der Waals surface area contributed by atoms with Crippen LogP contribution in [0.2, 0.25) is 0 Å². The Morgan fingerprint density at radius 3 is 1.92 bits per heavy atom. The largest absolute Gasteiger partial charge is 1.00 e. The van der Waals surface area contributed by atoms with Crippen LogP contribution in [0.3, 0.4) is 0 Å². The molecule has 1 heterocycles. The molecule has 12 nitrogen and oxygen atoms in total. The van der Waals surface area contributed by atoms with Gasteiger partial charge in [0.05, 0.1) is 25.6 Å². The summed E-state index contributed by atoms with van der Waals surface area (Å²) >= 11 is 1.09. The van der Waals surface area contributed by atoms with Gasteiger partial charge in [-0.1, -0.05) is 54.6 Å². The number of methoxy groups -OCH3 is 2. The molecule has 4 rings (SSSR count). The smallest absolute Gasteiger partial charge is 0.325 e. The van der Waals surface area contributed by atoms with Crippen molar-refractivity contribution in [1.29, 1.82) is 0 Å². The molecule has 0 saturated carbocycles. The number of hydrogen-bond acceptors (Lipinski definition) is 10. The van der Waals surface area contributed by atoms with Crippen LogP contribution >= 0.6 is 19.0 Å². The number of amides is 4. The Bertz CT molecular complexity index is 1590. The molecule has 0 spiro atoms. The van der Waals surface area contributed by atoms with Gasteiger partial charge >= 0.3 is 11.9 Å². The third-order valence-electron chi connectivity index (χ3n) is 8.86. The topological polar surface area (TPSA) is 174 Å². The second-order valence-electron chi connectivity index (χ2n) is 12.2. The summed E-state index contributed by atoms with van der Waals surface area (Å²) in [5, 5.41) is 8.06. The Morgan fingerprint density at radius 1 is 0.868 bits per heavy atom. The second-order valence-corrected chi connectivity index (χ2v) is 17.1. The maximum Gasteiger partial charge on any atom is 0.325 e. The zero-order valence-corrected chi connectivity index (χ0v) is 33.1. The van der Waals surface area contributed by atoms with E-state index in [1.165, 1.54) is 35.0 Å².